The number of imidazole rings is 1. The van der Waals surface area contributed by atoms with Crippen LogP contribution in [0.25, 0.3) is 0 Å². The van der Waals surface area contributed by atoms with Gasteiger partial charge >= 0.3 is 5.69 Å². The van der Waals surface area contributed by atoms with Crippen LogP contribution in [0.1, 0.15) is 53.5 Å². The molecule has 12 heteroatoms. The molecular formula is C23H24ClFN6O4. The van der Waals surface area contributed by atoms with Crippen LogP contribution in [0, 0.1) is 27.8 Å². The van der Waals surface area contributed by atoms with Crippen LogP contribution in [0.5, 0.6) is 0 Å². The van der Waals surface area contributed by atoms with Gasteiger partial charge in [0.15, 0.2) is 0 Å². The zero-order valence-electron chi connectivity index (χ0n) is 19.1. The van der Waals surface area contributed by atoms with E-state index in [0.717, 1.165) is 0 Å². The lowest BCUT2D eigenvalue weighted by atomic mass is 9.89. The summed E-state index contributed by atoms with van der Waals surface area (Å²) in [5, 5.41) is 29.5. The number of hydrogen-bond donors (Lipinski definition) is 2. The molecule has 0 radical (unpaired) electrons. The molecule has 2 unspecified atom stereocenters. The van der Waals surface area contributed by atoms with E-state index >= 15 is 0 Å². The summed E-state index contributed by atoms with van der Waals surface area (Å²) in [6.45, 7) is 0. The summed E-state index contributed by atoms with van der Waals surface area (Å²) in [6, 6.07) is 3.98. The van der Waals surface area contributed by atoms with Gasteiger partial charge in [-0.15, -0.1) is 0 Å². The first-order valence-corrected chi connectivity index (χ1v) is 11.6. The van der Waals surface area contributed by atoms with E-state index in [1.165, 1.54) is 29.1 Å². The van der Waals surface area contributed by atoms with Gasteiger partial charge in [-0.3, -0.25) is 19.6 Å². The topological polar surface area (TPSA) is 128 Å². The van der Waals surface area contributed by atoms with Gasteiger partial charge in [-0.2, -0.15) is 5.10 Å². The van der Waals surface area contributed by atoms with E-state index in [2.05, 4.69) is 15.4 Å². The molecular weight excluding hydrogens is 479 g/mol. The summed E-state index contributed by atoms with van der Waals surface area (Å²) in [6.07, 6.45) is 4.95. The van der Waals surface area contributed by atoms with Gasteiger partial charge in [0.25, 0.3) is 5.91 Å². The number of aliphatic hydroxyl groups is 1. The van der Waals surface area contributed by atoms with Crippen molar-refractivity contribution in [2.24, 2.45) is 25.9 Å². The number of amides is 1. The Balaban J connectivity index is 1.34. The second kappa shape index (κ2) is 8.42. The normalized spacial score (nSPS) is 25.6. The van der Waals surface area contributed by atoms with Crippen molar-refractivity contribution in [3.63, 3.8) is 0 Å². The summed E-state index contributed by atoms with van der Waals surface area (Å²) in [5.74, 6) is -0.668. The highest BCUT2D eigenvalue weighted by atomic mass is 35.5. The minimum Gasteiger partial charge on any atom is -0.383 e. The zero-order chi connectivity index (χ0) is 25.1. The number of nitro groups is 1. The Bertz CT molecular complexity index is 1320. The van der Waals surface area contributed by atoms with E-state index in [0.29, 0.717) is 42.8 Å². The van der Waals surface area contributed by atoms with Crippen LogP contribution >= 0.6 is 11.6 Å². The minimum atomic E-state index is -1.32. The number of nitrogens with zero attached hydrogens (tertiary/aromatic N) is 5. The Hall–Kier alpha value is -3.31. The molecule has 5 rings (SSSR count). The summed E-state index contributed by atoms with van der Waals surface area (Å²) < 4.78 is 16.5. The number of fused-ring (bicyclic) bond motifs is 1. The van der Waals surface area contributed by atoms with Crippen molar-refractivity contribution >= 4 is 28.9 Å². The first kappa shape index (κ1) is 23.4. The maximum atomic E-state index is 13.5. The number of aryl methyl sites for hydroxylation is 2. The Morgan fingerprint density at radius 3 is 2.63 bits per heavy atom. The third-order valence-electron chi connectivity index (χ3n) is 7.34. The summed E-state index contributed by atoms with van der Waals surface area (Å²) in [7, 11) is 3.34. The quantitative estimate of drug-likeness (QED) is 0.402. The molecule has 2 aliphatic carbocycles. The molecule has 2 saturated carbocycles. The van der Waals surface area contributed by atoms with Crippen molar-refractivity contribution in [3.8, 4) is 0 Å². The van der Waals surface area contributed by atoms with Crippen LogP contribution < -0.4 is 5.32 Å². The van der Waals surface area contributed by atoms with Crippen molar-refractivity contribution in [1.82, 2.24) is 19.3 Å². The van der Waals surface area contributed by atoms with Crippen molar-refractivity contribution in [3.05, 3.63) is 68.8 Å². The summed E-state index contributed by atoms with van der Waals surface area (Å²) >= 11 is 5.83. The first-order valence-electron chi connectivity index (χ1n) is 11.2. The van der Waals surface area contributed by atoms with Gasteiger partial charge in [-0.05, 0) is 55.7 Å². The summed E-state index contributed by atoms with van der Waals surface area (Å²) in [4.78, 5) is 28.5. The SMILES string of the molecule is Cn1cnc(C2CC3CC(O)(c4c([N+](=O)[O-])cnn4C)CC3C2)c1C(=O)Nc1ccc(F)c(Cl)c1. The lowest BCUT2D eigenvalue weighted by Gasteiger charge is -2.24. The first-order chi connectivity index (χ1) is 16.6. The Kier molecular flexibility index (Phi) is 5.64. The molecule has 0 aliphatic heterocycles. The van der Waals surface area contributed by atoms with Crippen LogP contribution in [0.3, 0.4) is 0 Å². The number of carbonyl (C=O) groups excluding carboxylic acids is 1. The number of aromatic nitrogens is 4. The molecule has 2 atom stereocenters. The van der Waals surface area contributed by atoms with E-state index in [4.69, 9.17) is 11.6 Å². The molecule has 0 spiro atoms. The van der Waals surface area contributed by atoms with Gasteiger partial charge in [0.05, 0.1) is 22.0 Å². The average molecular weight is 503 g/mol. The Morgan fingerprint density at radius 1 is 1.31 bits per heavy atom. The number of nitrogens with one attached hydrogen (secondary N) is 1. The van der Waals surface area contributed by atoms with Gasteiger partial charge < -0.3 is 15.0 Å². The number of hydrogen-bond acceptors (Lipinski definition) is 6. The van der Waals surface area contributed by atoms with Crippen molar-refractivity contribution < 1.29 is 19.2 Å². The molecule has 1 amide bonds. The number of benzene rings is 1. The third-order valence-corrected chi connectivity index (χ3v) is 7.63. The number of anilines is 1. The van der Waals surface area contributed by atoms with E-state index < -0.39 is 16.3 Å². The fraction of sp³-hybridized carbons (Fsp3) is 0.435. The molecule has 2 heterocycles. The second-order valence-electron chi connectivity index (χ2n) is 9.56. The second-order valence-corrected chi connectivity index (χ2v) is 9.97. The predicted octanol–water partition coefficient (Wildman–Crippen LogP) is 3.90. The fourth-order valence-corrected chi connectivity index (χ4v) is 6.15. The van der Waals surface area contributed by atoms with Gasteiger partial charge in [0.1, 0.15) is 29.0 Å². The van der Waals surface area contributed by atoms with Gasteiger partial charge in [0.2, 0.25) is 0 Å². The zero-order valence-corrected chi connectivity index (χ0v) is 19.9. The molecule has 2 aliphatic rings. The average Bonchev–Trinajstić information content (AvgIpc) is 3.52. The highest BCUT2D eigenvalue weighted by Crippen LogP contribution is 2.57. The maximum absolute atomic E-state index is 13.5. The van der Waals surface area contributed by atoms with Crippen LogP contribution in [-0.4, -0.2) is 35.3 Å². The monoisotopic (exact) mass is 502 g/mol. The molecule has 2 N–H and O–H groups in total. The smallest absolute Gasteiger partial charge is 0.313 e. The van der Waals surface area contributed by atoms with Crippen LogP contribution in [0.2, 0.25) is 5.02 Å². The van der Waals surface area contributed by atoms with Crippen LogP contribution in [0.15, 0.2) is 30.7 Å². The van der Waals surface area contributed by atoms with Crippen LogP contribution in [-0.2, 0) is 19.7 Å². The largest absolute Gasteiger partial charge is 0.383 e. The van der Waals surface area contributed by atoms with E-state index in [9.17, 15) is 24.4 Å². The third kappa shape index (κ3) is 3.98. The number of halogens is 2. The lowest BCUT2D eigenvalue weighted by molar-refractivity contribution is -0.386. The summed E-state index contributed by atoms with van der Waals surface area (Å²) in [5.41, 5.74) is 0.204. The molecule has 1 aromatic carbocycles. The van der Waals surface area contributed by atoms with E-state index in [1.54, 1.807) is 25.0 Å². The molecule has 35 heavy (non-hydrogen) atoms. The highest BCUT2D eigenvalue weighted by Gasteiger charge is 2.53. The van der Waals surface area contributed by atoms with Crippen molar-refractivity contribution in [2.45, 2.75) is 37.2 Å². The minimum absolute atomic E-state index is 0.00910. The fourth-order valence-electron chi connectivity index (χ4n) is 5.97. The molecule has 184 valence electrons. The van der Waals surface area contributed by atoms with E-state index in [1.807, 2.05) is 0 Å². The Labute approximate surface area is 204 Å². The van der Waals surface area contributed by atoms with Gasteiger partial charge in [-0.25, -0.2) is 9.37 Å². The predicted molar refractivity (Wildman–Crippen MR) is 125 cm³/mol. The molecule has 3 aromatic rings. The number of rotatable bonds is 5. The molecule has 0 bridgehead atoms. The van der Waals surface area contributed by atoms with Gasteiger partial charge in [-0.1, -0.05) is 11.6 Å². The molecule has 10 nitrogen and oxygen atoms in total. The number of carbonyl (C=O) groups is 1. The standard InChI is InChI=1S/C23H24ClFN6O4/c1-29-11-26-19(20(29)22(32)28-15-3-4-17(25)16(24)7-15)12-5-13-8-23(33,9-14(13)6-12)21-18(31(34)35)10-27-30(21)2/h3-4,7,10-14,33H,5-6,8-9H2,1-2H3,(H,28,32). The molecule has 2 fully saturated rings. The van der Waals surface area contributed by atoms with Gasteiger partial charge in [0, 0.05) is 25.7 Å². The van der Waals surface area contributed by atoms with Crippen molar-refractivity contribution in [1.29, 1.82) is 0 Å². The van der Waals surface area contributed by atoms with E-state index in [-0.39, 0.29) is 40.1 Å². The lowest BCUT2D eigenvalue weighted by Crippen LogP contribution is -2.27. The molecule has 2 aromatic heterocycles. The maximum Gasteiger partial charge on any atom is 0.313 e. The van der Waals surface area contributed by atoms with Crippen LogP contribution in [0.4, 0.5) is 15.8 Å². The Morgan fingerprint density at radius 2 is 2.00 bits per heavy atom. The van der Waals surface area contributed by atoms with Crippen molar-refractivity contribution in [2.75, 3.05) is 5.32 Å². The molecule has 0 saturated heterocycles. The highest BCUT2D eigenvalue weighted by molar-refractivity contribution is 6.31.